The van der Waals surface area contributed by atoms with E-state index in [-0.39, 0.29) is 12.3 Å². The summed E-state index contributed by atoms with van der Waals surface area (Å²) in [5, 5.41) is -0.896. The number of alkyl halides is 1. The van der Waals surface area contributed by atoms with Crippen molar-refractivity contribution in [2.75, 3.05) is 0 Å². The van der Waals surface area contributed by atoms with Crippen LogP contribution in [0.2, 0.25) is 0 Å². The average molecular weight is 243 g/mol. The number of Topliss-reactive ketones (excluding diaryl/α,β-unsaturated/α-hetero) is 1. The van der Waals surface area contributed by atoms with Crippen molar-refractivity contribution in [2.24, 2.45) is 0 Å². The van der Waals surface area contributed by atoms with Gasteiger partial charge in [-0.05, 0) is 15.9 Å². The Balaban J connectivity index is 2.73. The zero-order valence-electron chi connectivity index (χ0n) is 6.64. The first-order valence-electron chi connectivity index (χ1n) is 3.58. The van der Waals surface area contributed by atoms with Gasteiger partial charge in [0.25, 0.3) is 6.47 Å². The van der Waals surface area contributed by atoms with Crippen molar-refractivity contribution in [1.29, 1.82) is 0 Å². The Morgan fingerprint density at radius 1 is 1.38 bits per heavy atom. The van der Waals surface area contributed by atoms with E-state index in [1.165, 1.54) is 0 Å². The van der Waals surface area contributed by atoms with E-state index in [0.717, 1.165) is 0 Å². The van der Waals surface area contributed by atoms with E-state index in [0.29, 0.717) is 5.56 Å². The van der Waals surface area contributed by atoms with Crippen molar-refractivity contribution in [3.05, 3.63) is 35.9 Å². The molecule has 0 spiro atoms. The molecule has 0 saturated heterocycles. The van der Waals surface area contributed by atoms with Crippen LogP contribution >= 0.6 is 15.9 Å². The van der Waals surface area contributed by atoms with Gasteiger partial charge in [-0.3, -0.25) is 9.59 Å². The van der Waals surface area contributed by atoms with Crippen LogP contribution in [-0.2, 0) is 9.53 Å². The molecule has 0 aliphatic heterocycles. The summed E-state index contributed by atoms with van der Waals surface area (Å²) in [6.45, 7) is 0.236. The van der Waals surface area contributed by atoms with Crippen molar-refractivity contribution in [1.82, 2.24) is 0 Å². The zero-order chi connectivity index (χ0) is 9.68. The second-order valence-corrected chi connectivity index (χ2v) is 3.11. The molecule has 68 valence electrons. The van der Waals surface area contributed by atoms with E-state index < -0.39 is 5.01 Å². The van der Waals surface area contributed by atoms with Crippen LogP contribution < -0.4 is 0 Å². The van der Waals surface area contributed by atoms with Gasteiger partial charge in [0.2, 0.25) is 10.8 Å². The van der Waals surface area contributed by atoms with E-state index in [1.54, 1.807) is 30.3 Å². The Bertz CT molecular complexity index is 297. The van der Waals surface area contributed by atoms with Crippen LogP contribution in [0.15, 0.2) is 30.3 Å². The molecule has 1 atom stereocenters. The van der Waals surface area contributed by atoms with Gasteiger partial charge in [-0.2, -0.15) is 0 Å². The van der Waals surface area contributed by atoms with E-state index in [4.69, 9.17) is 0 Å². The molecule has 3 nitrogen and oxygen atoms in total. The van der Waals surface area contributed by atoms with Gasteiger partial charge in [0, 0.05) is 5.56 Å². The predicted octanol–water partition coefficient (Wildman–Crippen LogP) is 1.76. The third kappa shape index (κ3) is 2.66. The van der Waals surface area contributed by atoms with E-state index in [1.807, 2.05) is 0 Å². The van der Waals surface area contributed by atoms with Crippen molar-refractivity contribution in [2.45, 2.75) is 5.01 Å². The summed E-state index contributed by atoms with van der Waals surface area (Å²) in [6.07, 6.45) is 0. The fourth-order valence-corrected chi connectivity index (χ4v) is 1.20. The highest BCUT2D eigenvalue weighted by Crippen LogP contribution is 2.10. The zero-order valence-corrected chi connectivity index (χ0v) is 8.23. The van der Waals surface area contributed by atoms with Gasteiger partial charge < -0.3 is 4.74 Å². The largest absolute Gasteiger partial charge is 0.444 e. The molecule has 0 aromatic heterocycles. The molecule has 0 aliphatic rings. The number of hydrogen-bond donors (Lipinski definition) is 0. The average Bonchev–Trinajstić information content (AvgIpc) is 2.18. The number of carbonyl (C=O) groups excluding carboxylic acids is 2. The quantitative estimate of drug-likeness (QED) is 0.459. The molecule has 4 heteroatoms. The molecule has 1 rings (SSSR count). The topological polar surface area (TPSA) is 43.4 Å². The second-order valence-electron chi connectivity index (χ2n) is 2.28. The van der Waals surface area contributed by atoms with Gasteiger partial charge in [0.05, 0.1) is 0 Å². The smallest absolute Gasteiger partial charge is 0.294 e. The highest BCUT2D eigenvalue weighted by molar-refractivity contribution is 9.09. The second kappa shape index (κ2) is 4.77. The third-order valence-corrected chi connectivity index (χ3v) is 2.07. The van der Waals surface area contributed by atoms with Crippen molar-refractivity contribution in [3.8, 4) is 0 Å². The predicted molar refractivity (Wildman–Crippen MR) is 50.6 cm³/mol. The number of benzene rings is 1. The van der Waals surface area contributed by atoms with Crippen LogP contribution in [-0.4, -0.2) is 17.3 Å². The van der Waals surface area contributed by atoms with Crippen LogP contribution in [0.25, 0.3) is 0 Å². The molecule has 0 saturated carbocycles. The number of ketones is 1. The molecule has 13 heavy (non-hydrogen) atoms. The summed E-state index contributed by atoms with van der Waals surface area (Å²) in [5.41, 5.74) is 0.506. The molecule has 1 aromatic rings. The SMILES string of the molecule is O=COC(Br)C(=O)c1ccccc1. The highest BCUT2D eigenvalue weighted by Gasteiger charge is 2.16. The summed E-state index contributed by atoms with van der Waals surface area (Å²) in [5.74, 6) is -0.271. The number of halogens is 1. The summed E-state index contributed by atoms with van der Waals surface area (Å²) in [7, 11) is 0. The number of carbonyl (C=O) groups is 2. The lowest BCUT2D eigenvalue weighted by Gasteiger charge is -2.05. The van der Waals surface area contributed by atoms with Crippen LogP contribution in [0, 0.1) is 0 Å². The molecular weight excluding hydrogens is 236 g/mol. The van der Waals surface area contributed by atoms with E-state index in [9.17, 15) is 9.59 Å². The Morgan fingerprint density at radius 2 is 2.00 bits per heavy atom. The minimum absolute atomic E-state index is 0.236. The van der Waals surface area contributed by atoms with Crippen molar-refractivity contribution in [3.63, 3.8) is 0 Å². The third-order valence-electron chi connectivity index (χ3n) is 1.44. The normalized spacial score (nSPS) is 11.8. The molecular formula is C9H7BrO3. The first-order valence-corrected chi connectivity index (χ1v) is 4.49. The van der Waals surface area contributed by atoms with Crippen molar-refractivity contribution >= 4 is 28.2 Å². The fourth-order valence-electron chi connectivity index (χ4n) is 0.844. The molecule has 0 aliphatic carbocycles. The van der Waals surface area contributed by atoms with Crippen LogP contribution in [0.4, 0.5) is 0 Å². The number of rotatable bonds is 4. The standard InChI is InChI=1S/C9H7BrO3/c10-9(13-6-11)8(12)7-4-2-1-3-5-7/h1-6,9H. The van der Waals surface area contributed by atoms with E-state index >= 15 is 0 Å². The van der Waals surface area contributed by atoms with Gasteiger partial charge in [0.1, 0.15) is 0 Å². The molecule has 1 aromatic carbocycles. The Hall–Kier alpha value is -1.16. The Kier molecular flexibility index (Phi) is 3.64. The summed E-state index contributed by atoms with van der Waals surface area (Å²) in [4.78, 5) is 21.4. The molecule has 0 radical (unpaired) electrons. The minimum Gasteiger partial charge on any atom is -0.444 e. The first kappa shape index (κ1) is 9.92. The number of hydrogen-bond acceptors (Lipinski definition) is 3. The molecule has 1 unspecified atom stereocenters. The highest BCUT2D eigenvalue weighted by atomic mass is 79.9. The van der Waals surface area contributed by atoms with Crippen LogP contribution in [0.3, 0.4) is 0 Å². The van der Waals surface area contributed by atoms with Gasteiger partial charge in [-0.15, -0.1) is 0 Å². The monoisotopic (exact) mass is 242 g/mol. The maximum absolute atomic E-state index is 11.4. The maximum Gasteiger partial charge on any atom is 0.294 e. The first-order chi connectivity index (χ1) is 6.25. The van der Waals surface area contributed by atoms with Crippen LogP contribution in [0.5, 0.6) is 0 Å². The molecule has 0 heterocycles. The molecule has 0 amide bonds. The Morgan fingerprint density at radius 3 is 2.54 bits per heavy atom. The lowest BCUT2D eigenvalue weighted by Crippen LogP contribution is -2.16. The minimum atomic E-state index is -0.896. The molecule has 0 bridgehead atoms. The van der Waals surface area contributed by atoms with Crippen molar-refractivity contribution < 1.29 is 14.3 Å². The summed E-state index contributed by atoms with van der Waals surface area (Å²) >= 11 is 2.94. The number of ether oxygens (including phenoxy) is 1. The van der Waals surface area contributed by atoms with Gasteiger partial charge in [-0.1, -0.05) is 30.3 Å². The van der Waals surface area contributed by atoms with Gasteiger partial charge in [-0.25, -0.2) is 0 Å². The fraction of sp³-hybridized carbons (Fsp3) is 0.111. The lowest BCUT2D eigenvalue weighted by molar-refractivity contribution is -0.128. The summed E-state index contributed by atoms with van der Waals surface area (Å²) < 4.78 is 4.44. The van der Waals surface area contributed by atoms with Crippen LogP contribution in [0.1, 0.15) is 10.4 Å². The Labute approximate surface area is 83.8 Å². The molecule has 0 fully saturated rings. The maximum atomic E-state index is 11.4. The van der Waals surface area contributed by atoms with Gasteiger partial charge in [0.15, 0.2) is 0 Å². The summed E-state index contributed by atoms with van der Waals surface area (Å²) in [6, 6.07) is 8.61. The van der Waals surface area contributed by atoms with Gasteiger partial charge >= 0.3 is 0 Å². The lowest BCUT2D eigenvalue weighted by atomic mass is 10.1. The molecule has 0 N–H and O–H groups in total. The van der Waals surface area contributed by atoms with E-state index in [2.05, 4.69) is 20.7 Å².